The van der Waals surface area contributed by atoms with Crippen LogP contribution in [0.15, 0.2) is 22.9 Å². The highest BCUT2D eigenvalue weighted by molar-refractivity contribution is 7.59. The molecule has 0 saturated heterocycles. The summed E-state index contributed by atoms with van der Waals surface area (Å²) in [5.74, 6) is 0. The lowest BCUT2D eigenvalue weighted by Crippen LogP contribution is -1.93. The number of thiophene rings is 1. The molecule has 1 nitrogen and oxygen atoms in total. The van der Waals surface area contributed by atoms with Crippen molar-refractivity contribution < 1.29 is 0 Å². The van der Waals surface area contributed by atoms with Crippen LogP contribution in [0.2, 0.25) is 0 Å². The fourth-order valence-corrected chi connectivity index (χ4v) is 0.680. The molecule has 0 aliphatic heterocycles. The first-order valence-electron chi connectivity index (χ1n) is 3.09. The van der Waals surface area contributed by atoms with Crippen LogP contribution >= 0.6 is 24.8 Å². The molecule has 3 heteroatoms. The zero-order valence-electron chi connectivity index (χ0n) is 6.21. The van der Waals surface area contributed by atoms with Gasteiger partial charge in [-0.25, -0.2) is 0 Å². The van der Waals surface area contributed by atoms with Crippen LogP contribution < -0.4 is 5.73 Å². The van der Waals surface area contributed by atoms with E-state index in [1.165, 1.54) is 0 Å². The van der Waals surface area contributed by atoms with Crippen LogP contribution in [0.1, 0.15) is 13.3 Å². The average Bonchev–Trinajstić information content (AvgIpc) is 2.43. The molecule has 1 aromatic rings. The Balaban J connectivity index is 0. The summed E-state index contributed by atoms with van der Waals surface area (Å²) in [5.41, 5.74) is 5.03. The van der Waals surface area contributed by atoms with Gasteiger partial charge in [0.1, 0.15) is 0 Å². The van der Waals surface area contributed by atoms with Crippen LogP contribution in [-0.2, 0) is 0 Å². The zero-order valence-corrected chi connectivity index (χ0v) is 8.03. The summed E-state index contributed by atoms with van der Waals surface area (Å²) in [6, 6.07) is 4.04. The summed E-state index contributed by atoms with van der Waals surface area (Å²) >= 11 is 1.71. The second-order valence-electron chi connectivity index (χ2n) is 1.58. The quantitative estimate of drug-likeness (QED) is 0.699. The number of hydrogen-bond acceptors (Lipinski definition) is 2. The van der Waals surface area contributed by atoms with Gasteiger partial charge in [0.15, 0.2) is 0 Å². The van der Waals surface area contributed by atoms with E-state index < -0.39 is 0 Å². The molecule has 60 valence electrons. The first kappa shape index (κ1) is 12.7. The van der Waals surface area contributed by atoms with Crippen molar-refractivity contribution in [1.82, 2.24) is 0 Å². The van der Waals surface area contributed by atoms with Gasteiger partial charge in [0, 0.05) is 0 Å². The Bertz CT molecular complexity index is 87.1. The Morgan fingerprint density at radius 3 is 1.80 bits per heavy atom. The minimum atomic E-state index is 0. The van der Waals surface area contributed by atoms with Gasteiger partial charge >= 0.3 is 0 Å². The molecular weight excluding hydrogens is 162 g/mol. The highest BCUT2D eigenvalue weighted by atomic mass is 32.1. The molecule has 0 aliphatic carbocycles. The molecule has 1 aromatic heterocycles. The number of hydrogen-bond donors (Lipinski definition) is 1. The van der Waals surface area contributed by atoms with E-state index in [9.17, 15) is 0 Å². The fraction of sp³-hybridized carbons (Fsp3) is 0.429. The Morgan fingerprint density at radius 2 is 1.70 bits per heavy atom. The Kier molecular flexibility index (Phi) is 14.9. The van der Waals surface area contributed by atoms with Gasteiger partial charge < -0.3 is 5.73 Å². The van der Waals surface area contributed by atoms with Gasteiger partial charge in [0.2, 0.25) is 0 Å². The number of rotatable bonds is 1. The summed E-state index contributed by atoms with van der Waals surface area (Å²) in [6.45, 7) is 2.88. The van der Waals surface area contributed by atoms with Crippen molar-refractivity contribution >= 4 is 24.8 Å². The van der Waals surface area contributed by atoms with Gasteiger partial charge in [-0.05, 0) is 23.7 Å². The molecule has 0 bridgehead atoms. The third-order valence-electron chi connectivity index (χ3n) is 0.714. The van der Waals surface area contributed by atoms with E-state index in [4.69, 9.17) is 5.73 Å². The van der Waals surface area contributed by atoms with Gasteiger partial charge in [0.25, 0.3) is 0 Å². The van der Waals surface area contributed by atoms with E-state index in [2.05, 4.69) is 6.92 Å². The van der Waals surface area contributed by atoms with E-state index in [-0.39, 0.29) is 13.5 Å². The average molecular weight is 177 g/mol. The van der Waals surface area contributed by atoms with E-state index in [1.807, 2.05) is 22.9 Å². The molecular formula is C7H15NS2. The van der Waals surface area contributed by atoms with E-state index in [1.54, 1.807) is 11.3 Å². The molecule has 0 aromatic carbocycles. The predicted octanol–water partition coefficient (Wildman–Crippen LogP) is 2.22. The maximum absolute atomic E-state index is 5.03. The lowest BCUT2D eigenvalue weighted by molar-refractivity contribution is 0.932. The van der Waals surface area contributed by atoms with Gasteiger partial charge in [-0.2, -0.15) is 24.8 Å². The predicted molar refractivity (Wildman–Crippen MR) is 54.0 cm³/mol. The molecule has 10 heavy (non-hydrogen) atoms. The first-order valence-corrected chi connectivity index (χ1v) is 4.03. The zero-order chi connectivity index (χ0) is 6.95. The van der Waals surface area contributed by atoms with E-state index >= 15 is 0 Å². The van der Waals surface area contributed by atoms with Gasteiger partial charge in [0.05, 0.1) is 0 Å². The summed E-state index contributed by atoms with van der Waals surface area (Å²) in [5, 5.41) is 4.08. The maximum atomic E-state index is 5.03. The van der Waals surface area contributed by atoms with Crippen molar-refractivity contribution in [3.63, 3.8) is 0 Å². The third kappa shape index (κ3) is 10.9. The minimum absolute atomic E-state index is 0. The van der Waals surface area contributed by atoms with E-state index in [0.29, 0.717) is 0 Å². The third-order valence-corrected chi connectivity index (χ3v) is 1.34. The lowest BCUT2D eigenvalue weighted by Gasteiger charge is -1.70. The SMILES string of the molecule is CCCN.S.c1ccsc1. The van der Waals surface area contributed by atoms with Crippen LogP contribution in [0.4, 0.5) is 0 Å². The van der Waals surface area contributed by atoms with Crippen LogP contribution in [0.5, 0.6) is 0 Å². The van der Waals surface area contributed by atoms with E-state index in [0.717, 1.165) is 13.0 Å². The molecule has 0 spiro atoms. The molecule has 0 fully saturated rings. The molecule has 0 radical (unpaired) electrons. The summed E-state index contributed by atoms with van der Waals surface area (Å²) in [4.78, 5) is 0. The summed E-state index contributed by atoms with van der Waals surface area (Å²) in [6.07, 6.45) is 1.10. The van der Waals surface area contributed by atoms with Gasteiger partial charge in [-0.3, -0.25) is 0 Å². The van der Waals surface area contributed by atoms with Crippen molar-refractivity contribution in [2.45, 2.75) is 13.3 Å². The van der Waals surface area contributed by atoms with Crippen molar-refractivity contribution in [2.75, 3.05) is 6.54 Å². The molecule has 0 atom stereocenters. The standard InChI is InChI=1S/C4H4S.C3H9N.H2S/c1-2-4-5-3-1;1-2-3-4;/h1-4H;2-4H2,1H3;1H2. The second-order valence-corrected chi connectivity index (χ2v) is 2.40. The van der Waals surface area contributed by atoms with Crippen LogP contribution in [0.3, 0.4) is 0 Å². The highest BCUT2D eigenvalue weighted by Gasteiger charge is 1.58. The Morgan fingerprint density at radius 1 is 1.30 bits per heavy atom. The minimum Gasteiger partial charge on any atom is -0.330 e. The van der Waals surface area contributed by atoms with Crippen LogP contribution in [-0.4, -0.2) is 6.54 Å². The van der Waals surface area contributed by atoms with Crippen LogP contribution in [0, 0.1) is 0 Å². The summed E-state index contributed by atoms with van der Waals surface area (Å²) < 4.78 is 0. The number of nitrogens with two attached hydrogens (primary N) is 1. The first-order chi connectivity index (χ1) is 4.41. The highest BCUT2D eigenvalue weighted by Crippen LogP contribution is 1.91. The Labute approximate surface area is 73.7 Å². The topological polar surface area (TPSA) is 26.0 Å². The molecule has 0 amide bonds. The Hall–Kier alpha value is 0.01000. The van der Waals surface area contributed by atoms with Crippen molar-refractivity contribution in [3.8, 4) is 0 Å². The second kappa shape index (κ2) is 11.8. The largest absolute Gasteiger partial charge is 0.330 e. The molecule has 0 aliphatic rings. The van der Waals surface area contributed by atoms with Gasteiger partial charge in [-0.1, -0.05) is 19.1 Å². The molecule has 0 saturated carbocycles. The molecule has 1 heterocycles. The van der Waals surface area contributed by atoms with Crippen molar-refractivity contribution in [1.29, 1.82) is 0 Å². The fourth-order valence-electron chi connectivity index (χ4n) is 0.227. The van der Waals surface area contributed by atoms with Crippen molar-refractivity contribution in [3.05, 3.63) is 22.9 Å². The van der Waals surface area contributed by atoms with Crippen molar-refractivity contribution in [2.24, 2.45) is 5.73 Å². The smallest absolute Gasteiger partial charge is 0.00799 e. The normalized spacial score (nSPS) is 7.00. The monoisotopic (exact) mass is 177 g/mol. The lowest BCUT2D eigenvalue weighted by atomic mass is 10.5. The molecule has 0 unspecified atom stereocenters. The molecule has 1 rings (SSSR count). The summed E-state index contributed by atoms with van der Waals surface area (Å²) in [7, 11) is 0. The maximum Gasteiger partial charge on any atom is -0.00799 e. The van der Waals surface area contributed by atoms with Crippen LogP contribution in [0.25, 0.3) is 0 Å². The van der Waals surface area contributed by atoms with Gasteiger partial charge in [-0.15, -0.1) is 0 Å². The molecule has 2 N–H and O–H groups in total.